The molecule has 1 N–H and O–H groups in total. The van der Waals surface area contributed by atoms with Crippen LogP contribution in [0.15, 0.2) is 85.1 Å². The number of rotatable bonds is 7. The van der Waals surface area contributed by atoms with Crippen LogP contribution in [-0.2, 0) is 14.1 Å². The van der Waals surface area contributed by atoms with Gasteiger partial charge in [-0.3, -0.25) is 4.57 Å². The first-order chi connectivity index (χ1) is 13.5. The minimum Gasteiger partial charge on any atom is -0.458 e. The minimum absolute atomic E-state index is 0.0912. The van der Waals surface area contributed by atoms with Gasteiger partial charge in [0.05, 0.1) is 11.3 Å². The first-order valence-corrected chi connectivity index (χ1v) is 11.3. The van der Waals surface area contributed by atoms with Crippen molar-refractivity contribution in [1.29, 1.82) is 0 Å². The summed E-state index contributed by atoms with van der Waals surface area (Å²) in [4.78, 5) is 11.9. The summed E-state index contributed by atoms with van der Waals surface area (Å²) in [5, 5.41) is 3.25. The number of hydrogen-bond acceptors (Lipinski definition) is 3. The summed E-state index contributed by atoms with van der Waals surface area (Å²) >= 11 is 0. The van der Waals surface area contributed by atoms with Crippen molar-refractivity contribution in [3.8, 4) is 0 Å². The zero-order chi connectivity index (χ0) is 20.0. The molecule has 0 aromatic heterocycles. The van der Waals surface area contributed by atoms with Crippen molar-refractivity contribution < 1.29 is 14.1 Å². The summed E-state index contributed by atoms with van der Waals surface area (Å²) in [5.41, 5.74) is 2.51. The van der Waals surface area contributed by atoms with Crippen LogP contribution >= 0.6 is 7.29 Å². The number of allylic oxidation sites excluding steroid dienone is 1. The van der Waals surface area contributed by atoms with Crippen LogP contribution in [0, 0.1) is 0 Å². The number of esters is 1. The first kappa shape index (κ1) is 20.2. The van der Waals surface area contributed by atoms with E-state index in [4.69, 9.17) is 4.74 Å². The number of carbonyl (C=O) groups excluding carboxylic acids is 1. The standard InChI is InChI=1S/C23H26NO3P/c1-3-16-27-23(25)17-18(2)24-28(26)21(19-10-6-4-7-11-19)14-15-22(28)20-12-8-5-9-13-20/h3-13,17,21-22H,1,14-16H2,2H3,(H,24,26)/b18-17-/t21-,22-/m0/s1. The third-order valence-electron chi connectivity index (χ3n) is 5.04. The summed E-state index contributed by atoms with van der Waals surface area (Å²) in [7, 11) is -2.92. The van der Waals surface area contributed by atoms with Crippen LogP contribution in [0.25, 0.3) is 0 Å². The summed E-state index contributed by atoms with van der Waals surface area (Å²) in [5.74, 6) is -0.469. The third kappa shape index (κ3) is 4.45. The molecule has 0 aliphatic carbocycles. The maximum absolute atomic E-state index is 14.4. The maximum atomic E-state index is 14.4. The van der Waals surface area contributed by atoms with E-state index in [2.05, 4.69) is 11.7 Å². The number of nitrogens with one attached hydrogen (secondary N) is 1. The highest BCUT2D eigenvalue weighted by molar-refractivity contribution is 7.63. The molecule has 0 spiro atoms. The van der Waals surface area contributed by atoms with Crippen LogP contribution in [0.2, 0.25) is 0 Å². The Morgan fingerprint density at radius 3 is 2.04 bits per heavy atom. The fourth-order valence-electron chi connectivity index (χ4n) is 3.87. The van der Waals surface area contributed by atoms with E-state index in [0.717, 1.165) is 24.0 Å². The molecule has 0 bridgehead atoms. The van der Waals surface area contributed by atoms with E-state index in [9.17, 15) is 9.36 Å². The molecule has 28 heavy (non-hydrogen) atoms. The largest absolute Gasteiger partial charge is 0.458 e. The van der Waals surface area contributed by atoms with Crippen molar-refractivity contribution >= 4 is 13.3 Å². The Morgan fingerprint density at radius 1 is 1.07 bits per heavy atom. The van der Waals surface area contributed by atoms with Gasteiger partial charge in [-0.1, -0.05) is 73.3 Å². The summed E-state index contributed by atoms with van der Waals surface area (Å²) in [6.07, 6.45) is 4.56. The molecule has 3 rings (SSSR count). The van der Waals surface area contributed by atoms with Crippen LogP contribution in [0.3, 0.4) is 0 Å². The Bertz CT molecular complexity index is 841. The quantitative estimate of drug-likeness (QED) is 0.280. The highest BCUT2D eigenvalue weighted by atomic mass is 31.2. The zero-order valence-corrected chi connectivity index (χ0v) is 17.0. The summed E-state index contributed by atoms with van der Waals surface area (Å²) in [6.45, 7) is 5.45. The van der Waals surface area contributed by atoms with Gasteiger partial charge in [0.25, 0.3) is 0 Å². The van der Waals surface area contributed by atoms with E-state index < -0.39 is 13.3 Å². The summed E-state index contributed by atoms with van der Waals surface area (Å²) < 4.78 is 19.4. The average Bonchev–Trinajstić information content (AvgIpc) is 3.04. The van der Waals surface area contributed by atoms with Gasteiger partial charge in [-0.15, -0.1) is 0 Å². The lowest BCUT2D eigenvalue weighted by molar-refractivity contribution is -0.136. The molecule has 4 nitrogen and oxygen atoms in total. The number of carbonyl (C=O) groups is 1. The second-order valence-corrected chi connectivity index (χ2v) is 9.89. The van der Waals surface area contributed by atoms with E-state index in [1.807, 2.05) is 60.7 Å². The van der Waals surface area contributed by atoms with Crippen LogP contribution in [0.4, 0.5) is 0 Å². The lowest BCUT2D eigenvalue weighted by atomic mass is 10.0. The molecule has 5 heteroatoms. The number of benzene rings is 2. The normalized spacial score (nSPS) is 21.1. The van der Waals surface area contributed by atoms with E-state index in [1.54, 1.807) is 6.92 Å². The SMILES string of the molecule is C=CCOC(=O)/C=C(/C)NP1(=O)[C@H](c2ccccc2)CC[C@H]1c1ccccc1. The maximum Gasteiger partial charge on any atom is 0.332 e. The van der Waals surface area contributed by atoms with Gasteiger partial charge in [-0.2, -0.15) is 0 Å². The Morgan fingerprint density at radius 2 is 1.57 bits per heavy atom. The molecule has 1 aliphatic heterocycles. The molecule has 0 radical (unpaired) electrons. The highest BCUT2D eigenvalue weighted by Gasteiger charge is 2.47. The van der Waals surface area contributed by atoms with Gasteiger partial charge in [0.15, 0.2) is 7.29 Å². The van der Waals surface area contributed by atoms with Crippen molar-refractivity contribution in [2.75, 3.05) is 6.61 Å². The molecule has 1 aliphatic rings. The molecule has 0 amide bonds. The van der Waals surface area contributed by atoms with Crippen LogP contribution < -0.4 is 5.09 Å². The number of hydrogen-bond donors (Lipinski definition) is 1. The Hall–Kier alpha value is -2.58. The topological polar surface area (TPSA) is 55.4 Å². The minimum atomic E-state index is -2.92. The predicted molar refractivity (Wildman–Crippen MR) is 113 cm³/mol. The Kier molecular flexibility index (Phi) is 6.53. The monoisotopic (exact) mass is 395 g/mol. The predicted octanol–water partition coefficient (Wildman–Crippen LogP) is 5.76. The van der Waals surface area contributed by atoms with Gasteiger partial charge >= 0.3 is 5.97 Å². The lowest BCUT2D eigenvalue weighted by Crippen LogP contribution is -2.16. The van der Waals surface area contributed by atoms with Crippen molar-refractivity contribution in [3.63, 3.8) is 0 Å². The molecule has 2 aromatic rings. The van der Waals surface area contributed by atoms with Gasteiger partial charge < -0.3 is 9.82 Å². The second-order valence-electron chi connectivity index (χ2n) is 7.00. The number of ether oxygens (including phenoxy) is 1. The summed E-state index contributed by atoms with van der Waals surface area (Å²) in [6, 6.07) is 20.0. The third-order valence-corrected chi connectivity index (χ3v) is 8.70. The van der Waals surface area contributed by atoms with Crippen molar-refractivity contribution in [2.24, 2.45) is 0 Å². The second kappa shape index (κ2) is 9.07. The van der Waals surface area contributed by atoms with Crippen molar-refractivity contribution in [2.45, 2.75) is 31.1 Å². The van der Waals surface area contributed by atoms with E-state index in [-0.39, 0.29) is 17.9 Å². The van der Waals surface area contributed by atoms with Gasteiger partial charge in [0.2, 0.25) is 0 Å². The van der Waals surface area contributed by atoms with Gasteiger partial charge in [0.1, 0.15) is 6.61 Å². The molecule has 1 saturated heterocycles. The Labute approximate surface area is 166 Å². The molecular weight excluding hydrogens is 369 g/mol. The van der Waals surface area contributed by atoms with Crippen LogP contribution in [-0.4, -0.2) is 12.6 Å². The first-order valence-electron chi connectivity index (χ1n) is 9.48. The molecule has 146 valence electrons. The van der Waals surface area contributed by atoms with Gasteiger partial charge in [0, 0.05) is 11.8 Å². The highest BCUT2D eigenvalue weighted by Crippen LogP contribution is 2.74. The van der Waals surface area contributed by atoms with Crippen molar-refractivity contribution in [3.05, 3.63) is 96.2 Å². The average molecular weight is 395 g/mol. The van der Waals surface area contributed by atoms with E-state index >= 15 is 0 Å². The lowest BCUT2D eigenvalue weighted by Gasteiger charge is -2.28. The van der Waals surface area contributed by atoms with Crippen LogP contribution in [0.1, 0.15) is 42.2 Å². The molecular formula is C23H26NO3P. The molecule has 1 fully saturated rings. The molecule has 1 heterocycles. The fourth-order valence-corrected chi connectivity index (χ4v) is 7.52. The zero-order valence-electron chi connectivity index (χ0n) is 16.1. The smallest absolute Gasteiger partial charge is 0.332 e. The van der Waals surface area contributed by atoms with Crippen molar-refractivity contribution in [1.82, 2.24) is 5.09 Å². The van der Waals surface area contributed by atoms with E-state index in [0.29, 0.717) is 5.70 Å². The van der Waals surface area contributed by atoms with Gasteiger partial charge in [-0.25, -0.2) is 4.79 Å². The molecule has 0 unspecified atom stereocenters. The molecule has 2 atom stereocenters. The molecule has 2 aromatic carbocycles. The van der Waals surface area contributed by atoms with Gasteiger partial charge in [-0.05, 0) is 30.9 Å². The Balaban J connectivity index is 1.93. The fraction of sp³-hybridized carbons (Fsp3) is 0.261. The van der Waals surface area contributed by atoms with E-state index in [1.165, 1.54) is 12.2 Å². The molecule has 0 saturated carbocycles. The van der Waals surface area contributed by atoms with Crippen LogP contribution in [0.5, 0.6) is 0 Å².